The number of nitrogens with zero attached hydrogens (tertiary/aromatic N) is 1. The smallest absolute Gasteiger partial charge is 0.335 e. The molecule has 0 aromatic rings. The molecule has 5 N–H and O–H groups in total. The number of aliphatic hydroxyl groups is 2. The van der Waals surface area contributed by atoms with Gasteiger partial charge in [-0.1, -0.05) is 6.92 Å². The monoisotopic (exact) mass is 368 g/mol. The molecule has 0 fully saturated rings. The zero-order chi connectivity index (χ0) is 20.4. The molecule has 2 unspecified atom stereocenters. The molecule has 11 nitrogen and oxygen atoms in total. The summed E-state index contributed by atoms with van der Waals surface area (Å²) in [4.78, 5) is 41.2. The van der Waals surface area contributed by atoms with Gasteiger partial charge < -0.3 is 34.8 Å². The molecule has 0 aliphatic carbocycles. The minimum atomic E-state index is -2.27. The molecule has 0 spiro atoms. The maximum Gasteiger partial charge on any atom is 0.335 e. The number of carbonyl (C=O) groups excluding carboxylic acids is 1. The number of carboxylic acid groups (broad SMARTS) is 3. The van der Waals surface area contributed by atoms with Gasteiger partial charge in [-0.15, -0.1) is 0 Å². The number of esters is 1. The summed E-state index contributed by atoms with van der Waals surface area (Å²) >= 11 is 0. The molecule has 0 aromatic carbocycles. The molecular weight excluding hydrogens is 342 g/mol. The van der Waals surface area contributed by atoms with Crippen LogP contribution in [0.5, 0.6) is 0 Å². The number of hydrogen-bond acceptors (Lipinski definition) is 7. The molecule has 0 aromatic heterocycles. The van der Waals surface area contributed by atoms with Crippen molar-refractivity contribution in [2.24, 2.45) is 0 Å². The number of carboxylic acids is 3. The van der Waals surface area contributed by atoms with E-state index in [0.29, 0.717) is 11.0 Å². The Kier molecular flexibility index (Phi) is 11.3. The van der Waals surface area contributed by atoms with Crippen molar-refractivity contribution in [2.45, 2.75) is 38.1 Å². The molecule has 0 heterocycles. The van der Waals surface area contributed by atoms with E-state index in [4.69, 9.17) is 30.3 Å². The van der Waals surface area contributed by atoms with Crippen molar-refractivity contribution >= 4 is 23.9 Å². The lowest BCUT2D eigenvalue weighted by molar-refractivity contribution is -0.873. The van der Waals surface area contributed by atoms with Crippen LogP contribution in [0.3, 0.4) is 0 Å². The van der Waals surface area contributed by atoms with Gasteiger partial charge in [-0.2, -0.15) is 0 Å². The van der Waals surface area contributed by atoms with Crippen molar-refractivity contribution in [2.75, 3.05) is 27.7 Å². The summed E-state index contributed by atoms with van der Waals surface area (Å²) in [6.07, 6.45) is -4.95. The predicted molar refractivity (Wildman–Crippen MR) is 82.6 cm³/mol. The van der Waals surface area contributed by atoms with Gasteiger partial charge in [0.2, 0.25) is 0 Å². The molecule has 0 saturated heterocycles. The molecule has 3 atom stereocenters. The molecule has 11 heteroatoms. The van der Waals surface area contributed by atoms with Gasteiger partial charge in [0.25, 0.3) is 0 Å². The van der Waals surface area contributed by atoms with Crippen molar-refractivity contribution in [3.05, 3.63) is 0 Å². The largest absolute Gasteiger partial charge is 0.481 e. The predicted octanol–water partition coefficient (Wildman–Crippen LogP) is -1.63. The molecule has 0 amide bonds. The molecule has 146 valence electrons. The van der Waals surface area contributed by atoms with Crippen LogP contribution in [0.2, 0.25) is 0 Å². The number of hydrogen-bond donors (Lipinski definition) is 5. The van der Waals surface area contributed by atoms with E-state index in [1.165, 1.54) is 0 Å². The number of quaternary nitrogens is 1. The minimum absolute atomic E-state index is 0.138. The van der Waals surface area contributed by atoms with E-state index in [0.717, 1.165) is 0 Å². The summed E-state index contributed by atoms with van der Waals surface area (Å²) in [7, 11) is 5.78. The molecule has 0 radical (unpaired) electrons. The molecular formula is C14H26NO10+. The Morgan fingerprint density at radius 3 is 1.56 bits per heavy atom. The van der Waals surface area contributed by atoms with Gasteiger partial charge in [-0.25, -0.2) is 9.59 Å². The van der Waals surface area contributed by atoms with Crippen LogP contribution in [-0.2, 0) is 23.9 Å². The van der Waals surface area contributed by atoms with Crippen LogP contribution < -0.4 is 0 Å². The first-order valence-electron chi connectivity index (χ1n) is 7.24. The lowest BCUT2D eigenvalue weighted by Crippen LogP contribution is -2.43. The zero-order valence-corrected chi connectivity index (χ0v) is 14.6. The van der Waals surface area contributed by atoms with Crippen molar-refractivity contribution in [3.8, 4) is 0 Å². The number of aliphatic hydroxyl groups excluding tert-OH is 2. The van der Waals surface area contributed by atoms with Crippen LogP contribution in [0.4, 0.5) is 0 Å². The molecule has 0 saturated carbocycles. The van der Waals surface area contributed by atoms with Gasteiger partial charge in [-0.3, -0.25) is 9.59 Å². The summed E-state index contributed by atoms with van der Waals surface area (Å²) in [6, 6.07) is 0. The van der Waals surface area contributed by atoms with Crippen LogP contribution in [0.15, 0.2) is 0 Å². The highest BCUT2D eigenvalue weighted by Gasteiger charge is 2.29. The first-order chi connectivity index (χ1) is 11.2. The number of likely N-dealkylation sites (N-methyl/N-ethyl adjacent to an activating group) is 1. The van der Waals surface area contributed by atoms with E-state index in [-0.39, 0.29) is 18.8 Å². The van der Waals surface area contributed by atoms with Gasteiger partial charge >= 0.3 is 23.9 Å². The SMILES string of the molecule is CCC(=O)O[C@H](CC(=O)O)C[N+](C)(C)C.O=C(O)C(O)C(O)C(=O)O. The summed E-state index contributed by atoms with van der Waals surface area (Å²) in [6.45, 7) is 2.18. The van der Waals surface area contributed by atoms with E-state index < -0.39 is 36.2 Å². The highest BCUT2D eigenvalue weighted by Crippen LogP contribution is 2.06. The Morgan fingerprint density at radius 2 is 1.32 bits per heavy atom. The van der Waals surface area contributed by atoms with Gasteiger partial charge in [0.1, 0.15) is 6.54 Å². The van der Waals surface area contributed by atoms with Crippen LogP contribution in [0.1, 0.15) is 19.8 Å². The van der Waals surface area contributed by atoms with Crippen molar-refractivity contribution in [1.82, 2.24) is 0 Å². The first-order valence-corrected chi connectivity index (χ1v) is 7.24. The maximum atomic E-state index is 11.1. The third-order valence-electron chi connectivity index (χ3n) is 2.55. The molecule has 0 aliphatic heterocycles. The highest BCUT2D eigenvalue weighted by molar-refractivity contribution is 5.83. The average molecular weight is 368 g/mol. The summed E-state index contributed by atoms with van der Waals surface area (Å²) in [5.74, 6) is -4.84. The van der Waals surface area contributed by atoms with Gasteiger partial charge in [0.05, 0.1) is 27.6 Å². The van der Waals surface area contributed by atoms with Crippen LogP contribution in [-0.4, -0.2) is 99.9 Å². The third-order valence-corrected chi connectivity index (χ3v) is 2.55. The standard InChI is InChI=1S/C10H19NO4.C4H6O6/c1-5-10(14)15-8(6-9(12)13)7-11(2,3)4;5-1(3(7)8)2(6)4(9)10/h8H,5-7H2,1-4H3;1-2,5-6H,(H,7,8)(H,9,10)/p+1/t8-;/m1./s1. The Balaban J connectivity index is 0. The summed E-state index contributed by atoms with van der Waals surface area (Å²) in [5.41, 5.74) is 0. The first kappa shape index (κ1) is 25.0. The van der Waals surface area contributed by atoms with Crippen LogP contribution >= 0.6 is 0 Å². The van der Waals surface area contributed by atoms with Crippen molar-refractivity contribution < 1.29 is 53.9 Å². The van der Waals surface area contributed by atoms with Crippen molar-refractivity contribution in [3.63, 3.8) is 0 Å². The minimum Gasteiger partial charge on any atom is -0.481 e. The number of ether oxygens (including phenoxy) is 1. The number of rotatable bonds is 9. The quantitative estimate of drug-likeness (QED) is 0.234. The topological polar surface area (TPSA) is 179 Å². The molecule has 0 bridgehead atoms. The summed E-state index contributed by atoms with van der Waals surface area (Å²) in [5, 5.41) is 41.2. The van der Waals surface area contributed by atoms with E-state index >= 15 is 0 Å². The van der Waals surface area contributed by atoms with Gasteiger partial charge in [0.15, 0.2) is 18.3 Å². The van der Waals surface area contributed by atoms with E-state index in [2.05, 4.69) is 0 Å². The second kappa shape index (κ2) is 11.3. The lowest BCUT2D eigenvalue weighted by atomic mass is 10.2. The second-order valence-electron chi connectivity index (χ2n) is 6.10. The Morgan fingerprint density at radius 1 is 0.920 bits per heavy atom. The van der Waals surface area contributed by atoms with Crippen LogP contribution in [0, 0.1) is 0 Å². The Bertz CT molecular complexity index is 453. The second-order valence-corrected chi connectivity index (χ2v) is 6.10. The Labute approximate surface area is 144 Å². The van der Waals surface area contributed by atoms with E-state index in [1.54, 1.807) is 6.92 Å². The normalized spacial score (nSPS) is 14.3. The van der Waals surface area contributed by atoms with E-state index in [9.17, 15) is 19.2 Å². The Hall–Kier alpha value is -2.24. The van der Waals surface area contributed by atoms with Gasteiger partial charge in [-0.05, 0) is 0 Å². The maximum absolute atomic E-state index is 11.1. The van der Waals surface area contributed by atoms with Gasteiger partial charge in [0, 0.05) is 6.42 Å². The lowest BCUT2D eigenvalue weighted by Gasteiger charge is -2.28. The number of aliphatic carboxylic acids is 3. The zero-order valence-electron chi connectivity index (χ0n) is 14.6. The van der Waals surface area contributed by atoms with Crippen molar-refractivity contribution in [1.29, 1.82) is 0 Å². The summed E-state index contributed by atoms with van der Waals surface area (Å²) < 4.78 is 5.62. The van der Waals surface area contributed by atoms with E-state index in [1.807, 2.05) is 21.1 Å². The molecule has 0 aliphatic rings. The fourth-order valence-corrected chi connectivity index (χ4v) is 1.49. The fourth-order valence-electron chi connectivity index (χ4n) is 1.49. The molecule has 0 rings (SSSR count). The molecule has 25 heavy (non-hydrogen) atoms. The highest BCUT2D eigenvalue weighted by atomic mass is 16.5. The third kappa shape index (κ3) is 13.9. The fraction of sp³-hybridized carbons (Fsp3) is 0.714. The number of carbonyl (C=O) groups is 4. The van der Waals surface area contributed by atoms with Crippen LogP contribution in [0.25, 0.3) is 0 Å². The average Bonchev–Trinajstić information content (AvgIpc) is 2.43.